The van der Waals surface area contributed by atoms with Crippen LogP contribution in [0.25, 0.3) is 0 Å². The number of hydrogen-bond donors (Lipinski definition) is 2. The third-order valence-corrected chi connectivity index (χ3v) is 5.08. The molecule has 1 aliphatic rings. The standard InChI is InChI=1S/C13H28N2O2S/c1-13(2,3)15-8-4-7-14-9-5-12-6-10-18(16,17)11-12/h12,14-15H,4-11H2,1-3H3. The molecule has 1 atom stereocenters. The smallest absolute Gasteiger partial charge is 0.150 e. The van der Waals surface area contributed by atoms with Crippen LogP contribution in [0.5, 0.6) is 0 Å². The SMILES string of the molecule is CC(C)(C)NCCCNCCC1CCS(=O)(=O)C1. The third kappa shape index (κ3) is 7.34. The minimum Gasteiger partial charge on any atom is -0.317 e. The predicted octanol–water partition coefficient (Wildman–Crippen LogP) is 1.18. The van der Waals surface area contributed by atoms with Crippen LogP contribution in [0, 0.1) is 5.92 Å². The Morgan fingerprint density at radius 3 is 2.44 bits per heavy atom. The summed E-state index contributed by atoms with van der Waals surface area (Å²) in [6.45, 7) is 9.47. The van der Waals surface area contributed by atoms with Gasteiger partial charge in [0.25, 0.3) is 0 Å². The Morgan fingerprint density at radius 2 is 1.89 bits per heavy atom. The van der Waals surface area contributed by atoms with Crippen LogP contribution < -0.4 is 10.6 Å². The van der Waals surface area contributed by atoms with Crippen LogP contribution in [-0.2, 0) is 9.84 Å². The maximum absolute atomic E-state index is 11.3. The monoisotopic (exact) mass is 276 g/mol. The first-order valence-corrected chi connectivity index (χ1v) is 8.77. The average Bonchev–Trinajstić information content (AvgIpc) is 2.55. The molecule has 1 rings (SSSR count). The number of nitrogens with one attached hydrogen (secondary N) is 2. The summed E-state index contributed by atoms with van der Waals surface area (Å²) < 4.78 is 22.6. The topological polar surface area (TPSA) is 58.2 Å². The molecule has 108 valence electrons. The van der Waals surface area contributed by atoms with Crippen molar-refractivity contribution < 1.29 is 8.42 Å². The Kier molecular flexibility index (Phi) is 6.08. The Bertz CT molecular complexity index is 333. The van der Waals surface area contributed by atoms with Gasteiger partial charge in [0, 0.05) is 5.54 Å². The quantitative estimate of drug-likeness (QED) is 0.686. The molecular weight excluding hydrogens is 248 g/mol. The molecule has 0 radical (unpaired) electrons. The molecule has 0 bridgehead atoms. The molecule has 0 aromatic rings. The summed E-state index contributed by atoms with van der Waals surface area (Å²) in [6.07, 6.45) is 2.96. The summed E-state index contributed by atoms with van der Waals surface area (Å²) in [6, 6.07) is 0. The predicted molar refractivity (Wildman–Crippen MR) is 76.6 cm³/mol. The van der Waals surface area contributed by atoms with Crippen molar-refractivity contribution in [2.45, 2.75) is 45.6 Å². The van der Waals surface area contributed by atoms with Crippen LogP contribution in [0.1, 0.15) is 40.0 Å². The van der Waals surface area contributed by atoms with Crippen molar-refractivity contribution in [1.29, 1.82) is 0 Å². The maximum atomic E-state index is 11.3. The van der Waals surface area contributed by atoms with E-state index in [-0.39, 0.29) is 5.54 Å². The van der Waals surface area contributed by atoms with Crippen molar-refractivity contribution in [2.75, 3.05) is 31.1 Å². The van der Waals surface area contributed by atoms with Crippen molar-refractivity contribution >= 4 is 9.84 Å². The molecule has 0 spiro atoms. The average molecular weight is 276 g/mol. The van der Waals surface area contributed by atoms with Gasteiger partial charge in [-0.1, -0.05) is 0 Å². The van der Waals surface area contributed by atoms with Crippen molar-refractivity contribution in [3.05, 3.63) is 0 Å². The van der Waals surface area contributed by atoms with Crippen LogP contribution in [0.4, 0.5) is 0 Å². The van der Waals surface area contributed by atoms with Crippen LogP contribution in [0.2, 0.25) is 0 Å². The molecule has 1 heterocycles. The molecule has 0 saturated carbocycles. The Labute approximate surface area is 112 Å². The molecule has 18 heavy (non-hydrogen) atoms. The summed E-state index contributed by atoms with van der Waals surface area (Å²) in [5.74, 6) is 1.18. The van der Waals surface area contributed by atoms with Crippen LogP contribution >= 0.6 is 0 Å². The highest BCUT2D eigenvalue weighted by molar-refractivity contribution is 7.91. The lowest BCUT2D eigenvalue weighted by molar-refractivity contribution is 0.416. The second kappa shape index (κ2) is 6.87. The van der Waals surface area contributed by atoms with Crippen molar-refractivity contribution in [3.63, 3.8) is 0 Å². The lowest BCUT2D eigenvalue weighted by atomic mass is 10.1. The molecule has 1 saturated heterocycles. The Hall–Kier alpha value is -0.130. The molecule has 0 amide bonds. The maximum Gasteiger partial charge on any atom is 0.150 e. The zero-order valence-corrected chi connectivity index (χ0v) is 12.8. The van der Waals surface area contributed by atoms with E-state index in [1.165, 1.54) is 0 Å². The lowest BCUT2D eigenvalue weighted by Gasteiger charge is -2.20. The molecule has 1 aliphatic heterocycles. The van der Waals surface area contributed by atoms with E-state index in [2.05, 4.69) is 31.4 Å². The van der Waals surface area contributed by atoms with Gasteiger partial charge in [-0.2, -0.15) is 0 Å². The Balaban J connectivity index is 1.94. The van der Waals surface area contributed by atoms with E-state index in [9.17, 15) is 8.42 Å². The highest BCUT2D eigenvalue weighted by Gasteiger charge is 2.26. The van der Waals surface area contributed by atoms with Gasteiger partial charge in [0.05, 0.1) is 11.5 Å². The molecule has 4 nitrogen and oxygen atoms in total. The van der Waals surface area contributed by atoms with E-state index in [1.807, 2.05) is 0 Å². The van der Waals surface area contributed by atoms with Crippen LogP contribution in [-0.4, -0.2) is 45.1 Å². The van der Waals surface area contributed by atoms with E-state index in [1.54, 1.807) is 0 Å². The van der Waals surface area contributed by atoms with E-state index in [4.69, 9.17) is 0 Å². The number of rotatable bonds is 7. The largest absolute Gasteiger partial charge is 0.317 e. The molecule has 5 heteroatoms. The van der Waals surface area contributed by atoms with E-state index in [0.29, 0.717) is 17.4 Å². The summed E-state index contributed by atoms with van der Waals surface area (Å²) in [5, 5.41) is 6.84. The molecule has 1 fully saturated rings. The minimum atomic E-state index is -2.70. The van der Waals surface area contributed by atoms with E-state index >= 15 is 0 Å². The van der Waals surface area contributed by atoms with Gasteiger partial charge in [-0.3, -0.25) is 0 Å². The van der Waals surface area contributed by atoms with E-state index in [0.717, 1.165) is 38.9 Å². The highest BCUT2D eigenvalue weighted by atomic mass is 32.2. The van der Waals surface area contributed by atoms with Gasteiger partial charge in [-0.25, -0.2) is 8.42 Å². The molecular formula is C13H28N2O2S. The van der Waals surface area contributed by atoms with Crippen molar-refractivity contribution in [1.82, 2.24) is 10.6 Å². The fraction of sp³-hybridized carbons (Fsp3) is 1.00. The Morgan fingerprint density at radius 1 is 1.17 bits per heavy atom. The normalized spacial score (nSPS) is 23.4. The molecule has 0 aliphatic carbocycles. The summed E-state index contributed by atoms with van der Waals surface area (Å²) >= 11 is 0. The number of sulfone groups is 1. The summed E-state index contributed by atoms with van der Waals surface area (Å²) in [5.41, 5.74) is 0.193. The third-order valence-electron chi connectivity index (χ3n) is 3.24. The second-order valence-electron chi connectivity index (χ2n) is 6.34. The van der Waals surface area contributed by atoms with Gasteiger partial charge in [0.15, 0.2) is 9.84 Å². The van der Waals surface area contributed by atoms with E-state index < -0.39 is 9.84 Å². The fourth-order valence-electron chi connectivity index (χ4n) is 2.21. The van der Waals surface area contributed by atoms with Gasteiger partial charge in [0.1, 0.15) is 0 Å². The molecule has 0 aromatic carbocycles. The fourth-order valence-corrected chi connectivity index (χ4v) is 4.12. The molecule has 2 N–H and O–H groups in total. The first-order valence-electron chi connectivity index (χ1n) is 6.95. The van der Waals surface area contributed by atoms with Gasteiger partial charge in [0.2, 0.25) is 0 Å². The van der Waals surface area contributed by atoms with Crippen molar-refractivity contribution in [2.24, 2.45) is 5.92 Å². The molecule has 1 unspecified atom stereocenters. The van der Waals surface area contributed by atoms with Gasteiger partial charge >= 0.3 is 0 Å². The molecule has 0 aromatic heterocycles. The lowest BCUT2D eigenvalue weighted by Crippen LogP contribution is -2.37. The minimum absolute atomic E-state index is 0.193. The zero-order chi connectivity index (χ0) is 13.6. The van der Waals surface area contributed by atoms with Crippen LogP contribution in [0.3, 0.4) is 0 Å². The van der Waals surface area contributed by atoms with Gasteiger partial charge in [-0.05, 0) is 65.6 Å². The second-order valence-corrected chi connectivity index (χ2v) is 8.57. The van der Waals surface area contributed by atoms with Gasteiger partial charge in [-0.15, -0.1) is 0 Å². The van der Waals surface area contributed by atoms with Crippen LogP contribution in [0.15, 0.2) is 0 Å². The zero-order valence-electron chi connectivity index (χ0n) is 12.0. The highest BCUT2D eigenvalue weighted by Crippen LogP contribution is 2.20. The number of hydrogen-bond acceptors (Lipinski definition) is 4. The summed E-state index contributed by atoms with van der Waals surface area (Å²) in [7, 11) is -2.70. The first-order chi connectivity index (χ1) is 8.29. The summed E-state index contributed by atoms with van der Waals surface area (Å²) in [4.78, 5) is 0. The van der Waals surface area contributed by atoms with Gasteiger partial charge < -0.3 is 10.6 Å². The first kappa shape index (κ1) is 15.9. The van der Waals surface area contributed by atoms with Crippen molar-refractivity contribution in [3.8, 4) is 0 Å².